The lowest BCUT2D eigenvalue weighted by atomic mass is 9.76. The van der Waals surface area contributed by atoms with E-state index in [-0.39, 0.29) is 60.1 Å². The monoisotopic (exact) mass is 671 g/mol. The molecule has 0 saturated carbocycles. The average molecular weight is 672 g/mol. The molecule has 6 nitrogen and oxygen atoms in total. The predicted octanol–water partition coefficient (Wildman–Crippen LogP) is 5.67. The average Bonchev–Trinajstić information content (AvgIpc) is 3.34. The second-order valence-corrected chi connectivity index (χ2v) is 15.7. The molecule has 1 unspecified atom stereocenters. The van der Waals surface area contributed by atoms with E-state index in [9.17, 15) is 56.8 Å². The molecule has 16 heteroatoms. The van der Waals surface area contributed by atoms with Crippen molar-refractivity contribution in [2.75, 3.05) is 12.3 Å². The summed E-state index contributed by atoms with van der Waals surface area (Å²) in [6.45, 7) is 1.13. The lowest BCUT2D eigenvalue weighted by molar-refractivity contribution is -0.348. The molecular formula is C28H25F8NO5S2. The molecule has 5 rings (SSSR count). The van der Waals surface area contributed by atoms with Gasteiger partial charge in [-0.25, -0.2) is 25.6 Å². The largest absolute Gasteiger partial charge is 0.435 e. The highest BCUT2D eigenvalue weighted by Gasteiger charge is 2.74. The van der Waals surface area contributed by atoms with Crippen LogP contribution in [0.25, 0.3) is 0 Å². The van der Waals surface area contributed by atoms with Crippen LogP contribution in [0.3, 0.4) is 0 Å². The van der Waals surface area contributed by atoms with Crippen molar-refractivity contribution in [3.8, 4) is 0 Å². The zero-order valence-corrected chi connectivity index (χ0v) is 24.5. The van der Waals surface area contributed by atoms with Gasteiger partial charge in [0, 0.05) is 17.0 Å². The van der Waals surface area contributed by atoms with E-state index >= 15 is 0 Å². The standard InChI is InChI=1S/C28H25F8NO5S2/c1-16-14-18(10-13-43(16,39)40)24(38)37-12-11-25(44(41,42)21-6-4-20(29)5-7-21)22-8-3-19(15-17(22)2-9-23(25)37)26(30,27(31,32)33)28(34,35)36/h3-8,14-15,18,23H,2,9-13H2,1H3/t18?,23-,25-/m1/s1. The van der Waals surface area contributed by atoms with E-state index in [1.54, 1.807) is 0 Å². The van der Waals surface area contributed by atoms with Crippen LogP contribution in [0.15, 0.2) is 58.3 Å². The first-order chi connectivity index (χ1) is 20.2. The summed E-state index contributed by atoms with van der Waals surface area (Å²) >= 11 is 0. The summed E-state index contributed by atoms with van der Waals surface area (Å²) in [5.41, 5.74) is -7.97. The van der Waals surface area contributed by atoms with E-state index in [0.717, 1.165) is 30.3 Å². The third kappa shape index (κ3) is 4.65. The van der Waals surface area contributed by atoms with E-state index in [1.165, 1.54) is 17.9 Å². The van der Waals surface area contributed by atoms with Crippen molar-refractivity contribution in [1.29, 1.82) is 0 Å². The van der Waals surface area contributed by atoms with E-state index in [4.69, 9.17) is 0 Å². The first-order valence-corrected chi connectivity index (χ1v) is 16.5. The van der Waals surface area contributed by atoms with Crippen LogP contribution >= 0.6 is 0 Å². The van der Waals surface area contributed by atoms with Crippen molar-refractivity contribution >= 4 is 25.6 Å². The van der Waals surface area contributed by atoms with E-state index in [2.05, 4.69) is 0 Å². The van der Waals surface area contributed by atoms with Crippen molar-refractivity contribution in [3.63, 3.8) is 0 Å². The van der Waals surface area contributed by atoms with Gasteiger partial charge >= 0.3 is 18.0 Å². The van der Waals surface area contributed by atoms with E-state index < -0.39 is 76.6 Å². The van der Waals surface area contributed by atoms with Crippen LogP contribution in [0, 0.1) is 11.7 Å². The molecular weight excluding hydrogens is 646 g/mol. The van der Waals surface area contributed by atoms with Crippen LogP contribution in [0.2, 0.25) is 0 Å². The highest BCUT2D eigenvalue weighted by Crippen LogP contribution is 2.57. The summed E-state index contributed by atoms with van der Waals surface area (Å²) < 4.78 is 161. The quantitative estimate of drug-likeness (QED) is 0.309. The van der Waals surface area contributed by atoms with Gasteiger partial charge in [0.1, 0.15) is 10.6 Å². The normalized spacial score (nSPS) is 25.7. The highest BCUT2D eigenvalue weighted by atomic mass is 32.2. The molecule has 3 aliphatic rings. The van der Waals surface area contributed by atoms with Crippen LogP contribution < -0.4 is 0 Å². The summed E-state index contributed by atoms with van der Waals surface area (Å²) in [7, 11) is -8.19. The second-order valence-electron chi connectivity index (χ2n) is 11.2. The Labute approximate surface area is 247 Å². The van der Waals surface area contributed by atoms with E-state index in [0.29, 0.717) is 6.07 Å². The molecule has 3 atom stereocenters. The molecule has 0 radical (unpaired) electrons. The lowest BCUT2D eigenvalue weighted by Gasteiger charge is -2.43. The SMILES string of the molecule is CC1=CC(C(=O)N2CC[C@@]3(S(=O)(=O)c4ccc(F)cc4)c4ccc(C(F)(C(F)(F)F)C(F)(F)F)cc4CC[C@@H]23)CCS1(=O)=O. The fourth-order valence-electron chi connectivity index (χ4n) is 6.64. The number of allylic oxidation sites excluding steroid dienone is 1. The number of aryl methyl sites for hydroxylation is 1. The molecule has 2 aromatic rings. The second kappa shape index (κ2) is 10.3. The Morgan fingerprint density at radius 1 is 0.955 bits per heavy atom. The number of alkyl halides is 7. The minimum absolute atomic E-state index is 0.0305. The fourth-order valence-corrected chi connectivity index (χ4v) is 10.3. The Morgan fingerprint density at radius 2 is 1.57 bits per heavy atom. The van der Waals surface area contributed by atoms with Gasteiger partial charge < -0.3 is 4.90 Å². The summed E-state index contributed by atoms with van der Waals surface area (Å²) in [6, 6.07) is 3.84. The smallest absolute Gasteiger partial charge is 0.337 e. The van der Waals surface area contributed by atoms with Crippen LogP contribution in [0.1, 0.15) is 42.9 Å². The number of sulfone groups is 2. The highest BCUT2D eigenvalue weighted by molar-refractivity contribution is 7.95. The maximum absolute atomic E-state index is 15.0. The molecule has 240 valence electrons. The number of fused-ring (bicyclic) bond motifs is 3. The van der Waals surface area contributed by atoms with E-state index in [1.807, 2.05) is 0 Å². The number of carbonyl (C=O) groups is 1. The maximum Gasteiger partial charge on any atom is 0.435 e. The van der Waals surface area contributed by atoms with Gasteiger partial charge in [0.25, 0.3) is 0 Å². The number of halogens is 8. The van der Waals surface area contributed by atoms with Crippen molar-refractivity contribution in [2.24, 2.45) is 5.92 Å². The zero-order chi connectivity index (χ0) is 32.7. The molecule has 1 amide bonds. The van der Waals surface area contributed by atoms with Crippen molar-refractivity contribution in [1.82, 2.24) is 4.90 Å². The summed E-state index contributed by atoms with van der Waals surface area (Å²) in [4.78, 5) is 14.5. The van der Waals surface area contributed by atoms with Gasteiger partial charge in [-0.3, -0.25) is 4.79 Å². The molecule has 2 aromatic carbocycles. The van der Waals surface area contributed by atoms with Gasteiger partial charge in [-0.1, -0.05) is 24.3 Å². The Morgan fingerprint density at radius 3 is 2.14 bits per heavy atom. The molecule has 44 heavy (non-hydrogen) atoms. The predicted molar refractivity (Wildman–Crippen MR) is 141 cm³/mol. The number of hydrogen-bond acceptors (Lipinski definition) is 5. The summed E-state index contributed by atoms with van der Waals surface area (Å²) in [6.07, 6.45) is -12.4. The summed E-state index contributed by atoms with van der Waals surface area (Å²) in [5, 5.41) is 0. The molecule has 1 aliphatic carbocycles. The van der Waals surface area contributed by atoms with Crippen molar-refractivity contribution < 1.29 is 56.8 Å². The van der Waals surface area contributed by atoms with Gasteiger partial charge in [-0.2, -0.15) is 26.3 Å². The van der Waals surface area contributed by atoms with Gasteiger partial charge in [-0.05, 0) is 68.0 Å². The number of carbonyl (C=O) groups excluding carboxylic acids is 1. The van der Waals surface area contributed by atoms with Crippen LogP contribution in [-0.4, -0.2) is 58.3 Å². The molecule has 1 fully saturated rings. The lowest BCUT2D eigenvalue weighted by Crippen LogP contribution is -2.53. The van der Waals surface area contributed by atoms with Crippen LogP contribution in [0.4, 0.5) is 35.1 Å². The number of benzene rings is 2. The Hall–Kier alpha value is -3.01. The van der Waals surface area contributed by atoms with Gasteiger partial charge in [0.15, 0.2) is 19.7 Å². The topological polar surface area (TPSA) is 88.6 Å². The van der Waals surface area contributed by atoms with Crippen molar-refractivity contribution in [3.05, 3.63) is 76.0 Å². The molecule has 2 heterocycles. The third-order valence-electron chi connectivity index (χ3n) is 8.89. The first-order valence-electron chi connectivity index (χ1n) is 13.4. The van der Waals surface area contributed by atoms with Crippen molar-refractivity contribution in [2.45, 2.75) is 66.3 Å². The first kappa shape index (κ1) is 32.4. The number of likely N-dealkylation sites (tertiary alicyclic amines) is 1. The third-order valence-corrected chi connectivity index (χ3v) is 13.3. The van der Waals surface area contributed by atoms with Crippen LogP contribution in [0.5, 0.6) is 0 Å². The number of nitrogens with zero attached hydrogens (tertiary/aromatic N) is 1. The Bertz CT molecular complexity index is 1740. The van der Waals surface area contributed by atoms with Gasteiger partial charge in [0.05, 0.1) is 22.6 Å². The number of hydrogen-bond donors (Lipinski definition) is 0. The van der Waals surface area contributed by atoms with Gasteiger partial charge in [0.2, 0.25) is 5.91 Å². The molecule has 0 N–H and O–H groups in total. The fraction of sp³-hybridized carbons (Fsp3) is 0.464. The van der Waals surface area contributed by atoms with Crippen LogP contribution in [-0.2, 0) is 41.3 Å². The molecule has 1 saturated heterocycles. The molecule has 0 bridgehead atoms. The minimum Gasteiger partial charge on any atom is -0.337 e. The number of amides is 1. The Balaban J connectivity index is 1.68. The summed E-state index contributed by atoms with van der Waals surface area (Å²) in [5.74, 6) is -2.60. The number of rotatable bonds is 4. The Kier molecular flexibility index (Phi) is 7.55. The zero-order valence-electron chi connectivity index (χ0n) is 22.8. The molecule has 0 aromatic heterocycles. The minimum atomic E-state index is -6.38. The molecule has 0 spiro atoms. The molecule has 2 aliphatic heterocycles. The maximum atomic E-state index is 15.0. The van der Waals surface area contributed by atoms with Gasteiger partial charge in [-0.15, -0.1) is 0 Å².